The normalized spacial score (nSPS) is 10.8. The van der Waals surface area contributed by atoms with E-state index in [0.29, 0.717) is 31.1 Å². The molecule has 0 spiro atoms. The summed E-state index contributed by atoms with van der Waals surface area (Å²) < 4.78 is 23.8. The van der Waals surface area contributed by atoms with E-state index < -0.39 is 5.82 Å². The average molecular weight is 285 g/mol. The molecule has 0 aliphatic rings. The number of ether oxygens (including phenoxy) is 2. The molecule has 0 fully saturated rings. The quantitative estimate of drug-likeness (QED) is 0.678. The number of anilines is 2. The number of halogens is 1. The molecular weight excluding hydrogens is 261 g/mol. The third kappa shape index (κ3) is 5.22. The Kier molecular flexibility index (Phi) is 7.11. The first kappa shape index (κ1) is 16.5. The Morgan fingerprint density at radius 2 is 2.10 bits per heavy atom. The first-order valence-electron chi connectivity index (χ1n) is 6.71. The van der Waals surface area contributed by atoms with E-state index >= 15 is 0 Å². The van der Waals surface area contributed by atoms with Crippen molar-refractivity contribution in [1.82, 2.24) is 4.90 Å². The fourth-order valence-corrected chi connectivity index (χ4v) is 1.73. The highest BCUT2D eigenvalue weighted by atomic mass is 19.1. The van der Waals surface area contributed by atoms with E-state index in [1.807, 2.05) is 14.0 Å². The Labute approximate surface area is 119 Å². The fourth-order valence-electron chi connectivity index (χ4n) is 1.73. The van der Waals surface area contributed by atoms with Gasteiger partial charge in [0.1, 0.15) is 0 Å². The molecule has 5 nitrogen and oxygen atoms in total. The van der Waals surface area contributed by atoms with Crippen molar-refractivity contribution in [1.29, 1.82) is 0 Å². The molecule has 0 aliphatic heterocycles. The molecule has 114 valence electrons. The first-order chi connectivity index (χ1) is 9.58. The third-order valence-electron chi connectivity index (χ3n) is 2.89. The van der Waals surface area contributed by atoms with Crippen LogP contribution in [0.25, 0.3) is 0 Å². The summed E-state index contributed by atoms with van der Waals surface area (Å²) in [6.07, 6.45) is 0. The minimum absolute atomic E-state index is 0.219. The number of benzene rings is 1. The second-order valence-electron chi connectivity index (χ2n) is 4.53. The summed E-state index contributed by atoms with van der Waals surface area (Å²) in [4.78, 5) is 2.14. The molecule has 1 aromatic carbocycles. The van der Waals surface area contributed by atoms with Gasteiger partial charge in [-0.05, 0) is 14.0 Å². The van der Waals surface area contributed by atoms with Crippen molar-refractivity contribution < 1.29 is 13.9 Å². The number of likely N-dealkylation sites (N-methyl/N-ethyl adjacent to an activating group) is 1. The van der Waals surface area contributed by atoms with Gasteiger partial charge in [-0.1, -0.05) is 0 Å². The highest BCUT2D eigenvalue weighted by Gasteiger charge is 2.08. The summed E-state index contributed by atoms with van der Waals surface area (Å²) in [5.74, 6) is -0.218. The summed E-state index contributed by atoms with van der Waals surface area (Å²) in [7, 11) is 3.70. The zero-order valence-electron chi connectivity index (χ0n) is 12.4. The van der Waals surface area contributed by atoms with Gasteiger partial charge in [-0.25, -0.2) is 4.39 Å². The van der Waals surface area contributed by atoms with E-state index in [1.54, 1.807) is 13.2 Å². The maximum atomic E-state index is 13.6. The van der Waals surface area contributed by atoms with Gasteiger partial charge < -0.3 is 25.4 Å². The predicted octanol–water partition coefficient (Wildman–Crippen LogP) is 1.80. The van der Waals surface area contributed by atoms with Crippen molar-refractivity contribution in [3.63, 3.8) is 0 Å². The number of nitrogens with zero attached hydrogens (tertiary/aromatic N) is 1. The molecule has 6 heteroatoms. The van der Waals surface area contributed by atoms with Gasteiger partial charge in [-0.15, -0.1) is 0 Å². The summed E-state index contributed by atoms with van der Waals surface area (Å²) in [6, 6.07) is 2.88. The molecule has 0 unspecified atom stereocenters. The van der Waals surface area contributed by atoms with Crippen LogP contribution in [0.15, 0.2) is 12.1 Å². The van der Waals surface area contributed by atoms with Gasteiger partial charge in [0.15, 0.2) is 11.6 Å². The van der Waals surface area contributed by atoms with Crippen molar-refractivity contribution in [3.8, 4) is 5.75 Å². The second kappa shape index (κ2) is 8.60. The summed E-state index contributed by atoms with van der Waals surface area (Å²) in [5, 5.41) is 3.19. The fraction of sp³-hybridized carbons (Fsp3) is 0.571. The predicted molar refractivity (Wildman–Crippen MR) is 79.8 cm³/mol. The van der Waals surface area contributed by atoms with Gasteiger partial charge in [0, 0.05) is 38.9 Å². The molecule has 3 N–H and O–H groups in total. The molecule has 0 atom stereocenters. The number of nitrogens with two attached hydrogens (primary N) is 1. The van der Waals surface area contributed by atoms with Crippen LogP contribution in [0.2, 0.25) is 0 Å². The molecule has 20 heavy (non-hydrogen) atoms. The molecule has 0 saturated heterocycles. The Hall–Kier alpha value is -1.53. The number of hydrogen-bond donors (Lipinski definition) is 2. The standard InChI is InChI=1S/C14H24FN3O2/c1-4-20-14-10-13(12(16)9-11(14)15)17-5-6-18(2)7-8-19-3/h9-10,17H,4-8,16H2,1-3H3. The van der Waals surface area contributed by atoms with Crippen LogP contribution in [0.5, 0.6) is 5.75 Å². The van der Waals surface area contributed by atoms with E-state index in [4.69, 9.17) is 15.2 Å². The van der Waals surface area contributed by atoms with Crippen LogP contribution in [0.3, 0.4) is 0 Å². The van der Waals surface area contributed by atoms with Crippen LogP contribution < -0.4 is 15.8 Å². The zero-order chi connectivity index (χ0) is 15.0. The van der Waals surface area contributed by atoms with Gasteiger partial charge in [-0.2, -0.15) is 0 Å². The van der Waals surface area contributed by atoms with Gasteiger partial charge in [-0.3, -0.25) is 0 Å². The minimum atomic E-state index is -0.438. The summed E-state index contributed by atoms with van der Waals surface area (Å²) in [6.45, 7) is 5.34. The molecule has 0 aliphatic carbocycles. The van der Waals surface area contributed by atoms with Crippen LogP contribution in [0.1, 0.15) is 6.92 Å². The van der Waals surface area contributed by atoms with E-state index in [-0.39, 0.29) is 5.75 Å². The molecule has 0 amide bonds. The molecule has 1 aromatic rings. The van der Waals surface area contributed by atoms with Crippen LogP contribution in [0.4, 0.5) is 15.8 Å². The molecule has 0 radical (unpaired) electrons. The molecular formula is C14H24FN3O2. The first-order valence-corrected chi connectivity index (χ1v) is 6.71. The maximum absolute atomic E-state index is 13.6. The maximum Gasteiger partial charge on any atom is 0.167 e. The molecule has 0 aromatic heterocycles. The molecule has 0 heterocycles. The third-order valence-corrected chi connectivity index (χ3v) is 2.89. The molecule has 0 saturated carbocycles. The minimum Gasteiger partial charge on any atom is -0.491 e. The molecule has 1 rings (SSSR count). The van der Waals surface area contributed by atoms with Crippen LogP contribution in [-0.2, 0) is 4.74 Å². The number of rotatable bonds is 9. The lowest BCUT2D eigenvalue weighted by Gasteiger charge is -2.18. The van der Waals surface area contributed by atoms with Crippen molar-refractivity contribution in [3.05, 3.63) is 17.9 Å². The summed E-state index contributed by atoms with van der Waals surface area (Å²) >= 11 is 0. The lowest BCUT2D eigenvalue weighted by Crippen LogP contribution is -2.28. The Bertz CT molecular complexity index is 416. The topological polar surface area (TPSA) is 59.8 Å². The van der Waals surface area contributed by atoms with E-state index in [9.17, 15) is 4.39 Å². The number of nitrogen functional groups attached to an aromatic ring is 1. The summed E-state index contributed by atoms with van der Waals surface area (Å²) in [5.41, 5.74) is 6.86. The second-order valence-corrected chi connectivity index (χ2v) is 4.53. The Balaban J connectivity index is 2.52. The van der Waals surface area contributed by atoms with Crippen LogP contribution in [-0.4, -0.2) is 51.9 Å². The Morgan fingerprint density at radius 1 is 1.35 bits per heavy atom. The van der Waals surface area contributed by atoms with Gasteiger partial charge in [0.2, 0.25) is 0 Å². The number of methoxy groups -OCH3 is 1. The largest absolute Gasteiger partial charge is 0.491 e. The van der Waals surface area contributed by atoms with Crippen molar-refractivity contribution >= 4 is 11.4 Å². The van der Waals surface area contributed by atoms with Gasteiger partial charge in [0.25, 0.3) is 0 Å². The molecule has 0 bridgehead atoms. The highest BCUT2D eigenvalue weighted by molar-refractivity contribution is 5.68. The van der Waals surface area contributed by atoms with E-state index in [1.165, 1.54) is 6.07 Å². The number of nitrogens with one attached hydrogen (secondary N) is 1. The van der Waals surface area contributed by atoms with Crippen molar-refractivity contribution in [2.24, 2.45) is 0 Å². The Morgan fingerprint density at radius 3 is 2.75 bits per heavy atom. The lowest BCUT2D eigenvalue weighted by atomic mass is 10.2. The van der Waals surface area contributed by atoms with Crippen LogP contribution in [0, 0.1) is 5.82 Å². The van der Waals surface area contributed by atoms with Crippen molar-refractivity contribution in [2.45, 2.75) is 6.92 Å². The highest BCUT2D eigenvalue weighted by Crippen LogP contribution is 2.28. The van der Waals surface area contributed by atoms with E-state index in [2.05, 4.69) is 10.2 Å². The average Bonchev–Trinajstić information content (AvgIpc) is 2.41. The monoisotopic (exact) mass is 285 g/mol. The smallest absolute Gasteiger partial charge is 0.167 e. The SMILES string of the molecule is CCOc1cc(NCCN(C)CCOC)c(N)cc1F. The van der Waals surface area contributed by atoms with Gasteiger partial charge >= 0.3 is 0 Å². The lowest BCUT2D eigenvalue weighted by molar-refractivity contribution is 0.163. The van der Waals surface area contributed by atoms with Crippen molar-refractivity contribution in [2.75, 3.05) is 58.1 Å². The van der Waals surface area contributed by atoms with Gasteiger partial charge in [0.05, 0.1) is 24.6 Å². The van der Waals surface area contributed by atoms with Crippen LogP contribution >= 0.6 is 0 Å². The zero-order valence-corrected chi connectivity index (χ0v) is 12.4. The van der Waals surface area contributed by atoms with E-state index in [0.717, 1.165) is 13.1 Å². The number of hydrogen-bond acceptors (Lipinski definition) is 5.